The number of ether oxygens (including phenoxy) is 1. The fourth-order valence-corrected chi connectivity index (χ4v) is 3.91. The molecule has 0 atom stereocenters. The molecular formula is C20H19NO2S2. The number of hydrogen-bond donors (Lipinski definition) is 0. The molecule has 0 aliphatic carbocycles. The van der Waals surface area contributed by atoms with E-state index < -0.39 is 0 Å². The van der Waals surface area contributed by atoms with Crippen LogP contribution in [0.1, 0.15) is 22.3 Å². The van der Waals surface area contributed by atoms with Crippen LogP contribution in [-0.4, -0.2) is 22.2 Å². The lowest BCUT2D eigenvalue weighted by molar-refractivity contribution is -0.122. The smallest absolute Gasteiger partial charge is 0.266 e. The lowest BCUT2D eigenvalue weighted by Gasteiger charge is -2.14. The first-order valence-electron chi connectivity index (χ1n) is 7.93. The van der Waals surface area contributed by atoms with Crippen molar-refractivity contribution in [3.05, 3.63) is 69.6 Å². The van der Waals surface area contributed by atoms with Crippen molar-refractivity contribution in [3.63, 3.8) is 0 Å². The molecular weight excluding hydrogens is 350 g/mol. The van der Waals surface area contributed by atoms with E-state index >= 15 is 0 Å². The molecule has 0 aromatic heterocycles. The molecule has 0 spiro atoms. The summed E-state index contributed by atoms with van der Waals surface area (Å²) < 4.78 is 5.88. The van der Waals surface area contributed by atoms with Gasteiger partial charge in [-0.3, -0.25) is 9.69 Å². The van der Waals surface area contributed by atoms with E-state index in [1.807, 2.05) is 62.4 Å². The van der Waals surface area contributed by atoms with Gasteiger partial charge in [0.15, 0.2) is 0 Å². The van der Waals surface area contributed by atoms with Gasteiger partial charge in [0.05, 0.1) is 18.6 Å². The molecule has 0 radical (unpaired) electrons. The van der Waals surface area contributed by atoms with Crippen LogP contribution in [0.5, 0.6) is 5.75 Å². The lowest BCUT2D eigenvalue weighted by Crippen LogP contribution is -2.27. The van der Waals surface area contributed by atoms with Gasteiger partial charge >= 0.3 is 0 Å². The summed E-state index contributed by atoms with van der Waals surface area (Å²) in [4.78, 5) is 15.0. The predicted octanol–water partition coefficient (Wildman–Crippen LogP) is 4.71. The predicted molar refractivity (Wildman–Crippen MR) is 108 cm³/mol. The molecule has 1 aliphatic heterocycles. The van der Waals surface area contributed by atoms with Crippen LogP contribution in [0.15, 0.2) is 47.4 Å². The first kappa shape index (κ1) is 17.7. The zero-order chi connectivity index (χ0) is 18.0. The Morgan fingerprint density at radius 2 is 1.88 bits per heavy atom. The van der Waals surface area contributed by atoms with Gasteiger partial charge in [-0.15, -0.1) is 0 Å². The average molecular weight is 370 g/mol. The number of benzene rings is 2. The summed E-state index contributed by atoms with van der Waals surface area (Å²) in [5, 5.41) is 0. The molecule has 3 nitrogen and oxygen atoms in total. The van der Waals surface area contributed by atoms with Gasteiger partial charge in [0.2, 0.25) is 0 Å². The van der Waals surface area contributed by atoms with Crippen LogP contribution in [0.25, 0.3) is 6.08 Å². The highest BCUT2D eigenvalue weighted by molar-refractivity contribution is 8.26. The maximum absolute atomic E-state index is 12.7. The molecule has 128 valence electrons. The van der Waals surface area contributed by atoms with Gasteiger partial charge in [-0.2, -0.15) is 0 Å². The van der Waals surface area contributed by atoms with E-state index in [0.29, 0.717) is 15.8 Å². The molecule has 1 saturated heterocycles. The Labute approximate surface area is 157 Å². The van der Waals surface area contributed by atoms with E-state index in [1.54, 1.807) is 12.0 Å². The Morgan fingerprint density at radius 3 is 2.52 bits per heavy atom. The summed E-state index contributed by atoms with van der Waals surface area (Å²) in [6.45, 7) is 4.53. The van der Waals surface area contributed by atoms with Crippen molar-refractivity contribution in [2.75, 3.05) is 7.11 Å². The highest BCUT2D eigenvalue weighted by Gasteiger charge is 2.31. The highest BCUT2D eigenvalue weighted by Crippen LogP contribution is 2.34. The maximum atomic E-state index is 12.7. The van der Waals surface area contributed by atoms with Gasteiger partial charge in [0.1, 0.15) is 10.1 Å². The summed E-state index contributed by atoms with van der Waals surface area (Å²) in [5.74, 6) is 0.799. The Kier molecular flexibility index (Phi) is 5.25. The van der Waals surface area contributed by atoms with Crippen LogP contribution in [0.3, 0.4) is 0 Å². The van der Waals surface area contributed by atoms with Gasteiger partial charge in [0.25, 0.3) is 5.91 Å². The molecule has 1 heterocycles. The largest absolute Gasteiger partial charge is 0.496 e. The molecule has 25 heavy (non-hydrogen) atoms. The molecule has 0 saturated carbocycles. The second-order valence-corrected chi connectivity index (χ2v) is 7.66. The molecule has 2 aromatic rings. The number of carbonyl (C=O) groups excluding carboxylic acids is 1. The minimum absolute atomic E-state index is 0.0379. The Morgan fingerprint density at radius 1 is 1.16 bits per heavy atom. The molecule has 1 aliphatic rings. The van der Waals surface area contributed by atoms with Crippen molar-refractivity contribution in [3.8, 4) is 5.75 Å². The van der Waals surface area contributed by atoms with Crippen LogP contribution in [0, 0.1) is 13.8 Å². The molecule has 5 heteroatoms. The van der Waals surface area contributed by atoms with Gasteiger partial charge < -0.3 is 4.74 Å². The second kappa shape index (κ2) is 7.42. The first-order valence-corrected chi connectivity index (χ1v) is 9.16. The van der Waals surface area contributed by atoms with Crippen LogP contribution >= 0.6 is 24.0 Å². The molecule has 1 fully saturated rings. The zero-order valence-electron chi connectivity index (χ0n) is 14.4. The topological polar surface area (TPSA) is 29.5 Å². The van der Waals surface area contributed by atoms with Gasteiger partial charge in [0, 0.05) is 0 Å². The van der Waals surface area contributed by atoms with Crippen molar-refractivity contribution in [1.82, 2.24) is 4.90 Å². The average Bonchev–Trinajstić information content (AvgIpc) is 2.84. The SMILES string of the molecule is COc1ccc(C=C2SC(=S)N(Cc3ccc(C)cc3)C2=O)cc1C. The summed E-state index contributed by atoms with van der Waals surface area (Å²) in [5.41, 5.74) is 4.27. The molecule has 2 aromatic carbocycles. The van der Waals surface area contributed by atoms with Crippen LogP contribution in [0.4, 0.5) is 0 Å². The number of rotatable bonds is 4. The third-order valence-electron chi connectivity index (χ3n) is 4.05. The monoisotopic (exact) mass is 369 g/mol. The minimum Gasteiger partial charge on any atom is -0.496 e. The number of methoxy groups -OCH3 is 1. The maximum Gasteiger partial charge on any atom is 0.266 e. The van der Waals surface area contributed by atoms with E-state index in [0.717, 1.165) is 22.4 Å². The van der Waals surface area contributed by atoms with Gasteiger partial charge in [-0.05, 0) is 48.7 Å². The Balaban J connectivity index is 1.80. The second-order valence-electron chi connectivity index (χ2n) is 5.98. The van der Waals surface area contributed by atoms with Crippen molar-refractivity contribution in [2.45, 2.75) is 20.4 Å². The molecule has 0 N–H and O–H groups in total. The lowest BCUT2D eigenvalue weighted by atomic mass is 10.1. The zero-order valence-corrected chi connectivity index (χ0v) is 16.0. The van der Waals surface area contributed by atoms with Crippen LogP contribution in [0.2, 0.25) is 0 Å². The van der Waals surface area contributed by atoms with Gasteiger partial charge in [-0.1, -0.05) is 59.9 Å². The number of hydrogen-bond acceptors (Lipinski definition) is 4. The first-order chi connectivity index (χ1) is 12.0. The van der Waals surface area contributed by atoms with Crippen LogP contribution in [-0.2, 0) is 11.3 Å². The Hall–Kier alpha value is -2.11. The third-order valence-corrected chi connectivity index (χ3v) is 5.43. The summed E-state index contributed by atoms with van der Waals surface area (Å²) >= 11 is 6.76. The van der Waals surface area contributed by atoms with E-state index in [1.165, 1.54) is 17.3 Å². The fraction of sp³-hybridized carbons (Fsp3) is 0.200. The highest BCUT2D eigenvalue weighted by atomic mass is 32.2. The molecule has 3 rings (SSSR count). The van der Waals surface area contributed by atoms with Crippen molar-refractivity contribution >= 4 is 40.3 Å². The standard InChI is InChI=1S/C20H19NO2S2/c1-13-4-6-15(7-5-13)12-21-19(22)18(25-20(21)24)11-16-8-9-17(23-3)14(2)10-16/h4-11H,12H2,1-3H3. The van der Waals surface area contributed by atoms with Crippen molar-refractivity contribution in [1.29, 1.82) is 0 Å². The fourth-order valence-electron chi connectivity index (χ4n) is 2.66. The normalized spacial score (nSPS) is 16.0. The van der Waals surface area contributed by atoms with E-state index in [4.69, 9.17) is 17.0 Å². The number of carbonyl (C=O) groups is 1. The molecule has 1 amide bonds. The Bertz CT molecular complexity index is 856. The molecule has 0 bridgehead atoms. The number of thiocarbonyl (C=S) groups is 1. The quantitative estimate of drug-likeness (QED) is 0.576. The minimum atomic E-state index is -0.0379. The number of nitrogens with zero attached hydrogens (tertiary/aromatic N) is 1. The van der Waals surface area contributed by atoms with Gasteiger partial charge in [-0.25, -0.2) is 0 Å². The van der Waals surface area contributed by atoms with E-state index in [2.05, 4.69) is 0 Å². The third kappa shape index (κ3) is 3.94. The number of thioether (sulfide) groups is 1. The number of amides is 1. The van der Waals surface area contributed by atoms with Crippen LogP contribution < -0.4 is 4.74 Å². The summed E-state index contributed by atoms with van der Waals surface area (Å²) in [6.07, 6.45) is 1.89. The summed E-state index contributed by atoms with van der Waals surface area (Å²) in [7, 11) is 1.65. The van der Waals surface area contributed by atoms with Crippen molar-refractivity contribution < 1.29 is 9.53 Å². The molecule has 0 unspecified atom stereocenters. The number of aryl methyl sites for hydroxylation is 2. The van der Waals surface area contributed by atoms with Crippen molar-refractivity contribution in [2.24, 2.45) is 0 Å². The summed E-state index contributed by atoms with van der Waals surface area (Å²) in [6, 6.07) is 14.0. The van der Waals surface area contributed by atoms with E-state index in [9.17, 15) is 4.79 Å². The van der Waals surface area contributed by atoms with E-state index in [-0.39, 0.29) is 5.91 Å².